The first-order valence-electron chi connectivity index (χ1n) is 9.02. The fourth-order valence-corrected chi connectivity index (χ4v) is 2.81. The van der Waals surface area contributed by atoms with Crippen molar-refractivity contribution in [1.82, 2.24) is 0 Å². The number of carbonyl (C=O) groups excluding carboxylic acids is 1. The zero-order valence-electron chi connectivity index (χ0n) is 16.5. The van der Waals surface area contributed by atoms with Crippen LogP contribution < -0.4 is 19.5 Å². The van der Waals surface area contributed by atoms with Gasteiger partial charge in [0.15, 0.2) is 11.5 Å². The number of hydrogen-bond acceptors (Lipinski definition) is 4. The number of amides is 1. The Morgan fingerprint density at radius 2 is 1.62 bits per heavy atom. The second-order valence-electron chi connectivity index (χ2n) is 6.42. The quantitative estimate of drug-likeness (QED) is 0.613. The normalized spacial score (nSPS) is 10.3. The molecule has 0 saturated heterocycles. The Balaban J connectivity index is 1.86. The minimum atomic E-state index is -0.509. The van der Waals surface area contributed by atoms with Crippen LogP contribution in [0.1, 0.15) is 21.5 Å². The molecule has 0 aliphatic carbocycles. The van der Waals surface area contributed by atoms with Crippen molar-refractivity contribution in [3.05, 3.63) is 83.2 Å². The molecule has 3 rings (SSSR count). The van der Waals surface area contributed by atoms with Crippen molar-refractivity contribution < 1.29 is 23.4 Å². The number of rotatable bonds is 7. The molecular formula is C23H22FNO4. The number of hydrogen-bond donors (Lipinski definition) is 1. The zero-order valence-corrected chi connectivity index (χ0v) is 16.5. The Labute approximate surface area is 169 Å². The topological polar surface area (TPSA) is 56.8 Å². The molecule has 5 nitrogen and oxygen atoms in total. The van der Waals surface area contributed by atoms with Gasteiger partial charge in [-0.25, -0.2) is 4.39 Å². The van der Waals surface area contributed by atoms with E-state index in [1.165, 1.54) is 32.4 Å². The molecule has 0 atom stereocenters. The van der Waals surface area contributed by atoms with Gasteiger partial charge < -0.3 is 19.5 Å². The van der Waals surface area contributed by atoms with Crippen LogP contribution in [0.2, 0.25) is 0 Å². The molecule has 150 valence electrons. The minimum Gasteiger partial charge on any atom is -0.493 e. The highest BCUT2D eigenvalue weighted by Crippen LogP contribution is 2.39. The van der Waals surface area contributed by atoms with Crippen LogP contribution in [0, 0.1) is 12.7 Å². The molecule has 0 spiro atoms. The average molecular weight is 395 g/mol. The standard InChI is InChI=1S/C23H22FNO4/c1-15-9-10-18(24)19(11-15)25-23(26)17-12-20(27-2)22(21(13-17)28-3)29-14-16-7-5-4-6-8-16/h4-13H,14H2,1-3H3,(H,25,26). The maximum absolute atomic E-state index is 14.0. The number of methoxy groups -OCH3 is 2. The molecular weight excluding hydrogens is 373 g/mol. The first-order chi connectivity index (χ1) is 14.0. The van der Waals surface area contributed by atoms with Gasteiger partial charge in [0.25, 0.3) is 5.91 Å². The Morgan fingerprint density at radius 3 is 2.24 bits per heavy atom. The number of carbonyl (C=O) groups is 1. The Hall–Kier alpha value is -3.54. The number of ether oxygens (including phenoxy) is 3. The van der Waals surface area contributed by atoms with E-state index in [2.05, 4.69) is 5.32 Å². The Kier molecular flexibility index (Phi) is 6.34. The number of nitrogens with one attached hydrogen (secondary N) is 1. The molecule has 0 heterocycles. The molecule has 3 aromatic rings. The lowest BCUT2D eigenvalue weighted by atomic mass is 10.1. The molecule has 0 saturated carbocycles. The van der Waals surface area contributed by atoms with E-state index in [4.69, 9.17) is 14.2 Å². The average Bonchev–Trinajstić information content (AvgIpc) is 2.74. The number of halogens is 1. The molecule has 3 aromatic carbocycles. The van der Waals surface area contributed by atoms with Crippen molar-refractivity contribution in [2.24, 2.45) is 0 Å². The summed E-state index contributed by atoms with van der Waals surface area (Å²) in [4.78, 5) is 12.7. The number of aryl methyl sites for hydroxylation is 1. The summed E-state index contributed by atoms with van der Waals surface area (Å²) in [7, 11) is 2.96. The predicted molar refractivity (Wildman–Crippen MR) is 109 cm³/mol. The fraction of sp³-hybridized carbons (Fsp3) is 0.174. The van der Waals surface area contributed by atoms with Gasteiger partial charge in [0, 0.05) is 5.56 Å². The first-order valence-corrected chi connectivity index (χ1v) is 9.02. The largest absolute Gasteiger partial charge is 0.493 e. The van der Waals surface area contributed by atoms with E-state index < -0.39 is 11.7 Å². The third-order valence-corrected chi connectivity index (χ3v) is 4.32. The van der Waals surface area contributed by atoms with Gasteiger partial charge >= 0.3 is 0 Å². The SMILES string of the molecule is COc1cc(C(=O)Nc2cc(C)ccc2F)cc(OC)c1OCc1ccccc1. The molecule has 1 N–H and O–H groups in total. The van der Waals surface area contributed by atoms with Gasteiger partial charge in [0.1, 0.15) is 12.4 Å². The van der Waals surface area contributed by atoms with Crippen LogP contribution in [0.5, 0.6) is 17.2 Å². The summed E-state index contributed by atoms with van der Waals surface area (Å²) in [5, 5.41) is 2.58. The van der Waals surface area contributed by atoms with Crippen LogP contribution >= 0.6 is 0 Å². The highest BCUT2D eigenvalue weighted by molar-refractivity contribution is 6.05. The molecule has 0 bridgehead atoms. The van der Waals surface area contributed by atoms with E-state index >= 15 is 0 Å². The van der Waals surface area contributed by atoms with Crippen LogP contribution in [0.15, 0.2) is 60.7 Å². The lowest BCUT2D eigenvalue weighted by Crippen LogP contribution is -2.14. The summed E-state index contributed by atoms with van der Waals surface area (Å²) in [5.74, 6) is 0.0776. The van der Waals surface area contributed by atoms with Crippen molar-refractivity contribution in [3.63, 3.8) is 0 Å². The van der Waals surface area contributed by atoms with Gasteiger partial charge in [-0.15, -0.1) is 0 Å². The van der Waals surface area contributed by atoms with Crippen LogP contribution in [-0.4, -0.2) is 20.1 Å². The Bertz CT molecular complexity index is 980. The fourth-order valence-electron chi connectivity index (χ4n) is 2.81. The van der Waals surface area contributed by atoms with E-state index in [-0.39, 0.29) is 11.3 Å². The van der Waals surface area contributed by atoms with Crippen molar-refractivity contribution >= 4 is 11.6 Å². The second-order valence-corrected chi connectivity index (χ2v) is 6.42. The van der Waals surface area contributed by atoms with Crippen molar-refractivity contribution in [1.29, 1.82) is 0 Å². The van der Waals surface area contributed by atoms with Crippen LogP contribution in [0.3, 0.4) is 0 Å². The van der Waals surface area contributed by atoms with Gasteiger partial charge in [0.05, 0.1) is 19.9 Å². The number of benzene rings is 3. The summed E-state index contributed by atoms with van der Waals surface area (Å²) in [6.45, 7) is 2.13. The minimum absolute atomic E-state index is 0.109. The van der Waals surface area contributed by atoms with Crippen molar-refractivity contribution in [2.75, 3.05) is 19.5 Å². The van der Waals surface area contributed by atoms with E-state index in [0.717, 1.165) is 11.1 Å². The van der Waals surface area contributed by atoms with Gasteiger partial charge in [-0.3, -0.25) is 4.79 Å². The number of anilines is 1. The summed E-state index contributed by atoms with van der Waals surface area (Å²) >= 11 is 0. The van der Waals surface area contributed by atoms with Gasteiger partial charge in [-0.1, -0.05) is 36.4 Å². The summed E-state index contributed by atoms with van der Waals surface area (Å²) < 4.78 is 30.7. The van der Waals surface area contributed by atoms with Crippen molar-refractivity contribution in [3.8, 4) is 17.2 Å². The summed E-state index contributed by atoms with van der Waals surface area (Å²) in [6.07, 6.45) is 0. The third-order valence-electron chi connectivity index (χ3n) is 4.32. The molecule has 0 unspecified atom stereocenters. The summed E-state index contributed by atoms with van der Waals surface area (Å²) in [5.41, 5.74) is 2.18. The second kappa shape index (κ2) is 9.10. The van der Waals surface area contributed by atoms with Gasteiger partial charge in [-0.05, 0) is 42.3 Å². The van der Waals surface area contributed by atoms with Crippen molar-refractivity contribution in [2.45, 2.75) is 13.5 Å². The highest BCUT2D eigenvalue weighted by atomic mass is 19.1. The van der Waals surface area contributed by atoms with Gasteiger partial charge in [0.2, 0.25) is 5.75 Å². The zero-order chi connectivity index (χ0) is 20.8. The highest BCUT2D eigenvalue weighted by Gasteiger charge is 2.19. The van der Waals surface area contributed by atoms with E-state index in [0.29, 0.717) is 23.9 Å². The molecule has 1 amide bonds. The van der Waals surface area contributed by atoms with E-state index in [9.17, 15) is 9.18 Å². The molecule has 29 heavy (non-hydrogen) atoms. The molecule has 0 radical (unpaired) electrons. The smallest absolute Gasteiger partial charge is 0.256 e. The third kappa shape index (κ3) is 4.85. The molecule has 0 aliphatic heterocycles. The van der Waals surface area contributed by atoms with Crippen LogP contribution in [0.4, 0.5) is 10.1 Å². The molecule has 0 aliphatic rings. The monoisotopic (exact) mass is 395 g/mol. The predicted octanol–water partition coefficient (Wildman–Crippen LogP) is 4.98. The maximum atomic E-state index is 14.0. The van der Waals surface area contributed by atoms with E-state index in [1.807, 2.05) is 37.3 Å². The van der Waals surface area contributed by atoms with E-state index in [1.54, 1.807) is 12.1 Å². The molecule has 6 heteroatoms. The maximum Gasteiger partial charge on any atom is 0.256 e. The lowest BCUT2D eigenvalue weighted by Gasteiger charge is -2.16. The first kappa shape index (κ1) is 20.2. The Morgan fingerprint density at radius 1 is 0.966 bits per heavy atom. The van der Waals surface area contributed by atoms with Crippen LogP contribution in [0.25, 0.3) is 0 Å². The summed E-state index contributed by atoms with van der Waals surface area (Å²) in [6, 6.07) is 17.2. The van der Waals surface area contributed by atoms with Crippen LogP contribution in [-0.2, 0) is 6.61 Å². The van der Waals surface area contributed by atoms with Gasteiger partial charge in [-0.2, -0.15) is 0 Å². The molecule has 0 fully saturated rings. The lowest BCUT2D eigenvalue weighted by molar-refractivity contribution is 0.102. The molecule has 0 aromatic heterocycles.